The monoisotopic (exact) mass is 346 g/mol. The fourth-order valence-electron chi connectivity index (χ4n) is 5.23. The van der Waals surface area contributed by atoms with Gasteiger partial charge in [-0.1, -0.05) is 13.8 Å². The Morgan fingerprint density at radius 1 is 0.920 bits per heavy atom. The Morgan fingerprint density at radius 3 is 2.12 bits per heavy atom. The fraction of sp³-hybridized carbons (Fsp3) is 0.700. The van der Waals surface area contributed by atoms with Gasteiger partial charge in [-0.3, -0.25) is 0 Å². The van der Waals surface area contributed by atoms with Crippen LogP contribution in [0.3, 0.4) is 0 Å². The van der Waals surface area contributed by atoms with E-state index in [1.54, 1.807) is 6.07 Å². The Balaban J connectivity index is 1.62. The quantitative estimate of drug-likeness (QED) is 0.781. The molecule has 0 amide bonds. The van der Waals surface area contributed by atoms with Crippen molar-refractivity contribution in [2.24, 2.45) is 23.7 Å². The Hall–Kier alpha value is -1.46. The summed E-state index contributed by atoms with van der Waals surface area (Å²) in [4.78, 5) is 0. The lowest BCUT2D eigenvalue weighted by Crippen LogP contribution is -2.46. The second-order valence-electron chi connectivity index (χ2n) is 8.61. The van der Waals surface area contributed by atoms with Crippen molar-refractivity contribution < 1.29 is 24.1 Å². The first-order valence-electron chi connectivity index (χ1n) is 9.34. The van der Waals surface area contributed by atoms with Crippen molar-refractivity contribution in [2.75, 3.05) is 13.2 Å². The molecule has 4 aliphatic heterocycles. The molecule has 0 aliphatic carbocycles. The lowest BCUT2D eigenvalue weighted by molar-refractivity contribution is -0.174. The van der Waals surface area contributed by atoms with Crippen LogP contribution in [0, 0.1) is 23.7 Å². The predicted octanol–water partition coefficient (Wildman–Crippen LogP) is 3.26. The van der Waals surface area contributed by atoms with E-state index in [1.165, 1.54) is 0 Å². The van der Waals surface area contributed by atoms with E-state index >= 15 is 0 Å². The number of fused-ring (bicyclic) bond motifs is 5. The summed E-state index contributed by atoms with van der Waals surface area (Å²) in [7, 11) is 0. The molecular formula is C20H26O5. The summed E-state index contributed by atoms with van der Waals surface area (Å²) in [6.45, 7) is 9.81. The van der Waals surface area contributed by atoms with Crippen LogP contribution < -0.4 is 9.47 Å². The van der Waals surface area contributed by atoms with Crippen LogP contribution >= 0.6 is 0 Å². The third-order valence-electron chi connectivity index (χ3n) is 6.87. The standard InChI is InChI=1S/C20H26O5/c1-10-9-23-20(4)14(10)5-12-16(21)7-17-13(18(12)25-20)6-15-11(2)8-22-19(15,3)24-17/h7,10-11,14-15,21H,5-6,8-9H2,1-4H3. The maximum atomic E-state index is 10.6. The van der Waals surface area contributed by atoms with Crippen molar-refractivity contribution in [2.45, 2.75) is 52.1 Å². The SMILES string of the molecule is CC1COC2(C)Oc3cc(O)c4c(c3CC12)OC1(C)OCC(C)C1C4. The zero-order valence-corrected chi connectivity index (χ0v) is 15.3. The first-order valence-corrected chi connectivity index (χ1v) is 9.34. The third-order valence-corrected chi connectivity index (χ3v) is 6.87. The molecule has 136 valence electrons. The smallest absolute Gasteiger partial charge is 0.211 e. The van der Waals surface area contributed by atoms with Gasteiger partial charge in [-0.2, -0.15) is 0 Å². The van der Waals surface area contributed by atoms with Crippen molar-refractivity contribution in [3.63, 3.8) is 0 Å². The van der Waals surface area contributed by atoms with Gasteiger partial charge in [0.2, 0.25) is 11.6 Å². The fourth-order valence-corrected chi connectivity index (χ4v) is 5.23. The Morgan fingerprint density at radius 2 is 1.48 bits per heavy atom. The molecular weight excluding hydrogens is 320 g/mol. The Bertz CT molecular complexity index is 746. The number of phenolic OH excluding ortho intramolecular Hbond substituents is 1. The summed E-state index contributed by atoms with van der Waals surface area (Å²) in [5, 5.41) is 10.6. The van der Waals surface area contributed by atoms with E-state index in [9.17, 15) is 5.11 Å². The van der Waals surface area contributed by atoms with Crippen molar-refractivity contribution in [1.82, 2.24) is 0 Å². The third kappa shape index (κ3) is 2.02. The van der Waals surface area contributed by atoms with Gasteiger partial charge < -0.3 is 24.1 Å². The van der Waals surface area contributed by atoms with Gasteiger partial charge >= 0.3 is 0 Å². The number of aromatic hydroxyl groups is 1. The van der Waals surface area contributed by atoms with Crippen LogP contribution in [0.15, 0.2) is 6.07 Å². The molecule has 6 unspecified atom stereocenters. The topological polar surface area (TPSA) is 57.2 Å². The van der Waals surface area contributed by atoms with Gasteiger partial charge in [0, 0.05) is 42.9 Å². The van der Waals surface area contributed by atoms with Crippen molar-refractivity contribution in [3.05, 3.63) is 17.2 Å². The summed E-state index contributed by atoms with van der Waals surface area (Å²) in [6, 6.07) is 1.74. The summed E-state index contributed by atoms with van der Waals surface area (Å²) in [5.41, 5.74) is 1.95. The van der Waals surface area contributed by atoms with Crippen molar-refractivity contribution in [3.8, 4) is 17.2 Å². The number of benzene rings is 1. The van der Waals surface area contributed by atoms with Crippen molar-refractivity contribution >= 4 is 0 Å². The van der Waals surface area contributed by atoms with Gasteiger partial charge in [0.1, 0.15) is 17.2 Å². The molecule has 4 aliphatic rings. The molecule has 4 heterocycles. The van der Waals surface area contributed by atoms with Gasteiger partial charge in [0.25, 0.3) is 0 Å². The van der Waals surface area contributed by atoms with Crippen molar-refractivity contribution in [1.29, 1.82) is 0 Å². The zero-order valence-electron chi connectivity index (χ0n) is 15.3. The average molecular weight is 346 g/mol. The van der Waals surface area contributed by atoms with Crippen LogP contribution in [0.4, 0.5) is 0 Å². The highest BCUT2D eigenvalue weighted by atomic mass is 16.7. The summed E-state index contributed by atoms with van der Waals surface area (Å²) in [5.74, 6) is 1.84. The minimum Gasteiger partial charge on any atom is -0.507 e. The lowest BCUT2D eigenvalue weighted by Gasteiger charge is -2.42. The summed E-state index contributed by atoms with van der Waals surface area (Å²) >= 11 is 0. The summed E-state index contributed by atoms with van der Waals surface area (Å²) in [6.07, 6.45) is 1.62. The van der Waals surface area contributed by atoms with Crippen LogP contribution in [-0.4, -0.2) is 29.9 Å². The van der Waals surface area contributed by atoms with Gasteiger partial charge in [-0.15, -0.1) is 0 Å². The van der Waals surface area contributed by atoms with Crippen LogP contribution in [0.1, 0.15) is 38.8 Å². The number of hydrogen-bond donors (Lipinski definition) is 1. The lowest BCUT2D eigenvalue weighted by atomic mass is 9.78. The van der Waals surface area contributed by atoms with Crippen LogP contribution in [-0.2, 0) is 22.3 Å². The molecule has 1 N–H and O–H groups in total. The van der Waals surface area contributed by atoms with E-state index < -0.39 is 11.6 Å². The number of phenols is 1. The molecule has 1 aromatic carbocycles. The molecule has 2 saturated heterocycles. The molecule has 0 bridgehead atoms. The molecule has 25 heavy (non-hydrogen) atoms. The number of ether oxygens (including phenoxy) is 4. The maximum Gasteiger partial charge on any atom is 0.211 e. The van der Waals surface area contributed by atoms with E-state index in [2.05, 4.69) is 13.8 Å². The van der Waals surface area contributed by atoms with E-state index in [-0.39, 0.29) is 17.6 Å². The molecule has 5 heteroatoms. The average Bonchev–Trinajstić information content (AvgIpc) is 3.01. The van der Waals surface area contributed by atoms with Crippen LogP contribution in [0.25, 0.3) is 0 Å². The Kier molecular flexibility index (Phi) is 3.05. The molecule has 5 rings (SSSR count). The normalized spacial score (nSPS) is 44.2. The zero-order chi connectivity index (χ0) is 17.6. The highest BCUT2D eigenvalue weighted by molar-refractivity contribution is 5.59. The molecule has 5 nitrogen and oxygen atoms in total. The van der Waals surface area contributed by atoms with Gasteiger partial charge in [-0.25, -0.2) is 0 Å². The molecule has 6 atom stereocenters. The van der Waals surface area contributed by atoms with Gasteiger partial charge in [0.05, 0.1) is 13.2 Å². The van der Waals surface area contributed by atoms with Gasteiger partial charge in [0.15, 0.2) is 0 Å². The maximum absolute atomic E-state index is 10.6. The molecule has 0 radical (unpaired) electrons. The highest BCUT2D eigenvalue weighted by Gasteiger charge is 2.54. The highest BCUT2D eigenvalue weighted by Crippen LogP contribution is 2.55. The number of hydrogen-bond acceptors (Lipinski definition) is 5. The minimum absolute atomic E-state index is 0.253. The molecule has 0 spiro atoms. The van der Waals surface area contributed by atoms with E-state index in [0.717, 1.165) is 29.7 Å². The second-order valence-corrected chi connectivity index (χ2v) is 8.61. The summed E-state index contributed by atoms with van der Waals surface area (Å²) < 4.78 is 24.6. The van der Waals surface area contributed by atoms with Crippen LogP contribution in [0.2, 0.25) is 0 Å². The van der Waals surface area contributed by atoms with Gasteiger partial charge in [-0.05, 0) is 24.7 Å². The number of rotatable bonds is 0. The molecule has 0 aromatic heterocycles. The minimum atomic E-state index is -0.619. The molecule has 2 fully saturated rings. The van der Waals surface area contributed by atoms with E-state index in [0.29, 0.717) is 30.8 Å². The van der Waals surface area contributed by atoms with E-state index in [4.69, 9.17) is 18.9 Å². The Labute approximate surface area is 148 Å². The van der Waals surface area contributed by atoms with E-state index in [1.807, 2.05) is 13.8 Å². The second kappa shape index (κ2) is 4.83. The molecule has 0 saturated carbocycles. The van der Waals surface area contributed by atoms with Crippen LogP contribution in [0.5, 0.6) is 17.2 Å². The molecule has 1 aromatic rings. The first-order chi connectivity index (χ1) is 11.8. The first kappa shape index (κ1) is 15.8. The largest absolute Gasteiger partial charge is 0.507 e. The predicted molar refractivity (Wildman–Crippen MR) is 90.8 cm³/mol.